The number of amides is 1. The Morgan fingerprint density at radius 2 is 2.14 bits per heavy atom. The third-order valence-electron chi connectivity index (χ3n) is 5.60. The molecule has 1 aromatic heterocycles. The largest absolute Gasteiger partial charge is 0.397 e. The van der Waals surface area contributed by atoms with E-state index in [1.54, 1.807) is 25.4 Å². The summed E-state index contributed by atoms with van der Waals surface area (Å²) < 4.78 is 20.7. The van der Waals surface area contributed by atoms with Crippen molar-refractivity contribution in [1.29, 1.82) is 0 Å². The van der Waals surface area contributed by atoms with E-state index in [0.29, 0.717) is 48.1 Å². The molecule has 0 spiro atoms. The van der Waals surface area contributed by atoms with E-state index >= 15 is 4.39 Å². The molecule has 0 unspecified atom stereocenters. The van der Waals surface area contributed by atoms with Crippen LogP contribution < -0.4 is 11.1 Å². The number of likely N-dealkylation sites (tertiary alicyclic amines) is 1. The summed E-state index contributed by atoms with van der Waals surface area (Å²) in [4.78, 5) is 19.2. The molecule has 0 saturated carbocycles. The maximum atomic E-state index is 15.3. The third kappa shape index (κ3) is 4.97. The molecule has 0 aliphatic carbocycles. The fourth-order valence-corrected chi connectivity index (χ4v) is 3.85. The number of fused-ring (bicyclic) bond motifs is 1. The smallest absolute Gasteiger partial charge is 0.253 e. The number of aromatic nitrogens is 1. The zero-order valence-electron chi connectivity index (χ0n) is 17.1. The highest BCUT2D eigenvalue weighted by atomic mass is 35.5. The fraction of sp³-hybridized carbons (Fsp3) is 0.524. The quantitative estimate of drug-likeness (QED) is 0.697. The number of hydrogen-bond donors (Lipinski definition) is 2. The number of ether oxygens (including phenoxy) is 1. The van der Waals surface area contributed by atoms with Crippen molar-refractivity contribution in [3.8, 4) is 0 Å². The van der Waals surface area contributed by atoms with Crippen LogP contribution in [0, 0.1) is 0 Å². The predicted octanol–water partition coefficient (Wildman–Crippen LogP) is 3.43. The topological polar surface area (TPSA) is 80.5 Å². The van der Waals surface area contributed by atoms with E-state index in [1.165, 1.54) is 6.07 Å². The summed E-state index contributed by atoms with van der Waals surface area (Å²) in [7, 11) is 1.68. The molecule has 1 fully saturated rings. The summed E-state index contributed by atoms with van der Waals surface area (Å²) in [6.45, 7) is 5.97. The van der Waals surface area contributed by atoms with Gasteiger partial charge in [0.2, 0.25) is 0 Å². The summed E-state index contributed by atoms with van der Waals surface area (Å²) in [5, 5.41) is 3.61. The van der Waals surface area contributed by atoms with Crippen molar-refractivity contribution in [2.45, 2.75) is 38.0 Å². The molecule has 8 heteroatoms. The number of carbonyl (C=O) groups excluding carboxylic acids is 1. The molecule has 1 saturated heterocycles. The highest BCUT2D eigenvalue weighted by Crippen LogP contribution is 2.31. The molecule has 3 rings (SSSR count). The second-order valence-electron chi connectivity index (χ2n) is 8.29. The molecule has 0 radical (unpaired) electrons. The number of benzene rings is 1. The van der Waals surface area contributed by atoms with E-state index in [2.05, 4.69) is 15.2 Å². The number of rotatable bonds is 6. The highest BCUT2D eigenvalue weighted by Gasteiger charge is 2.36. The Morgan fingerprint density at radius 3 is 2.79 bits per heavy atom. The van der Waals surface area contributed by atoms with E-state index in [-0.39, 0.29) is 17.2 Å². The zero-order valence-corrected chi connectivity index (χ0v) is 17.9. The van der Waals surface area contributed by atoms with Crippen molar-refractivity contribution in [3.05, 3.63) is 35.0 Å². The van der Waals surface area contributed by atoms with Crippen LogP contribution in [0.2, 0.25) is 5.02 Å². The number of anilines is 1. The summed E-state index contributed by atoms with van der Waals surface area (Å²) in [5.74, 6) is -0.407. The fourth-order valence-electron chi connectivity index (χ4n) is 3.64. The molecule has 1 aliphatic rings. The maximum absolute atomic E-state index is 15.3. The molecule has 2 heterocycles. The van der Waals surface area contributed by atoms with Crippen LogP contribution in [0.3, 0.4) is 0 Å². The van der Waals surface area contributed by atoms with Crippen molar-refractivity contribution in [1.82, 2.24) is 15.2 Å². The van der Waals surface area contributed by atoms with Crippen LogP contribution in [0.4, 0.5) is 10.1 Å². The summed E-state index contributed by atoms with van der Waals surface area (Å²) in [5.41, 5.74) is 5.40. The lowest BCUT2D eigenvalue weighted by molar-refractivity contribution is -0.0274. The standard InChI is InChI=1S/C21H28ClFN4O2/c1-20(2,29-3)13-27-9-6-21(23,7-10-27)12-26-19(28)15-11-16(22)17(24)14-5-4-8-25-18(14)15/h4-5,8,11H,6-7,9-10,12-13,24H2,1-3H3,(H,26,28). The van der Waals surface area contributed by atoms with Crippen molar-refractivity contribution in [3.63, 3.8) is 0 Å². The molecule has 6 nitrogen and oxygen atoms in total. The van der Waals surface area contributed by atoms with Crippen LogP contribution in [-0.2, 0) is 4.74 Å². The van der Waals surface area contributed by atoms with Gasteiger partial charge < -0.3 is 20.7 Å². The Morgan fingerprint density at radius 1 is 1.45 bits per heavy atom. The van der Waals surface area contributed by atoms with Crippen LogP contribution in [0.1, 0.15) is 37.0 Å². The number of carbonyl (C=O) groups is 1. The molecule has 1 aromatic carbocycles. The van der Waals surface area contributed by atoms with Crippen molar-refractivity contribution in [2.75, 3.05) is 39.0 Å². The second-order valence-corrected chi connectivity index (χ2v) is 8.70. The highest BCUT2D eigenvalue weighted by molar-refractivity contribution is 6.35. The molecule has 1 aliphatic heterocycles. The van der Waals surface area contributed by atoms with Crippen LogP contribution >= 0.6 is 11.6 Å². The van der Waals surface area contributed by atoms with Crippen LogP contribution in [0.5, 0.6) is 0 Å². The van der Waals surface area contributed by atoms with E-state index < -0.39 is 11.6 Å². The SMILES string of the molecule is COC(C)(C)CN1CCC(F)(CNC(=O)c2cc(Cl)c(N)c3cccnc23)CC1. The van der Waals surface area contributed by atoms with E-state index in [4.69, 9.17) is 22.1 Å². The molecule has 0 atom stereocenters. The molecule has 3 N–H and O–H groups in total. The van der Waals surface area contributed by atoms with Crippen molar-refractivity contribution < 1.29 is 13.9 Å². The number of nitrogens with zero attached hydrogens (tertiary/aromatic N) is 2. The number of alkyl halides is 1. The first-order valence-corrected chi connectivity index (χ1v) is 10.1. The van der Waals surface area contributed by atoms with E-state index in [1.807, 2.05) is 13.8 Å². The molecule has 29 heavy (non-hydrogen) atoms. The Bertz CT molecular complexity index is 898. The minimum atomic E-state index is -1.44. The number of hydrogen-bond acceptors (Lipinski definition) is 5. The van der Waals surface area contributed by atoms with Gasteiger partial charge in [0.15, 0.2) is 0 Å². The first kappa shape index (κ1) is 21.7. The van der Waals surface area contributed by atoms with Gasteiger partial charge in [-0.2, -0.15) is 0 Å². The first-order chi connectivity index (χ1) is 13.6. The van der Waals surface area contributed by atoms with Gasteiger partial charge in [-0.1, -0.05) is 11.6 Å². The minimum absolute atomic E-state index is 0.0519. The number of pyridine rings is 1. The Balaban J connectivity index is 1.65. The van der Waals surface area contributed by atoms with E-state index in [0.717, 1.165) is 6.54 Å². The number of nitrogen functional groups attached to an aromatic ring is 1. The number of halogens is 2. The molecular weight excluding hydrogens is 395 g/mol. The molecule has 1 amide bonds. The van der Waals surface area contributed by atoms with Gasteiger partial charge in [-0.05, 0) is 44.9 Å². The Kier molecular flexibility index (Phi) is 6.31. The van der Waals surface area contributed by atoms with Crippen molar-refractivity contribution >= 4 is 34.1 Å². The average molecular weight is 423 g/mol. The third-order valence-corrected chi connectivity index (χ3v) is 5.91. The predicted molar refractivity (Wildman–Crippen MR) is 114 cm³/mol. The molecule has 158 valence electrons. The summed E-state index contributed by atoms with van der Waals surface area (Å²) in [6.07, 6.45) is 2.30. The number of nitrogens with two attached hydrogens (primary N) is 1. The van der Waals surface area contributed by atoms with Gasteiger partial charge in [0.05, 0.1) is 33.9 Å². The Labute approximate surface area is 175 Å². The van der Waals surface area contributed by atoms with Gasteiger partial charge in [-0.15, -0.1) is 0 Å². The normalized spacial score (nSPS) is 17.4. The van der Waals surface area contributed by atoms with Crippen LogP contribution in [0.25, 0.3) is 10.9 Å². The monoisotopic (exact) mass is 422 g/mol. The van der Waals surface area contributed by atoms with Gasteiger partial charge in [-0.25, -0.2) is 4.39 Å². The van der Waals surface area contributed by atoms with Crippen LogP contribution in [-0.4, -0.2) is 60.3 Å². The zero-order chi connectivity index (χ0) is 21.2. The number of methoxy groups -OCH3 is 1. The van der Waals surface area contributed by atoms with Gasteiger partial charge in [-0.3, -0.25) is 9.78 Å². The molecular formula is C21H28ClFN4O2. The van der Waals surface area contributed by atoms with Crippen molar-refractivity contribution in [2.24, 2.45) is 0 Å². The van der Waals surface area contributed by atoms with Gasteiger partial charge in [0.25, 0.3) is 5.91 Å². The first-order valence-electron chi connectivity index (χ1n) is 9.71. The maximum Gasteiger partial charge on any atom is 0.253 e. The van der Waals surface area contributed by atoms with E-state index in [9.17, 15) is 4.79 Å². The second kappa shape index (κ2) is 8.42. The summed E-state index contributed by atoms with van der Waals surface area (Å²) in [6, 6.07) is 4.97. The molecule has 0 bridgehead atoms. The van der Waals surface area contributed by atoms with Gasteiger partial charge in [0, 0.05) is 38.3 Å². The Hall–Kier alpha value is -1.96. The lowest BCUT2D eigenvalue weighted by Gasteiger charge is -2.39. The summed E-state index contributed by atoms with van der Waals surface area (Å²) >= 11 is 6.17. The number of nitrogens with one attached hydrogen (secondary N) is 1. The average Bonchev–Trinajstić information content (AvgIpc) is 2.71. The lowest BCUT2D eigenvalue weighted by atomic mass is 9.92. The molecule has 2 aromatic rings. The van der Waals surface area contributed by atoms with Gasteiger partial charge >= 0.3 is 0 Å². The number of piperidine rings is 1. The lowest BCUT2D eigenvalue weighted by Crippen LogP contribution is -2.51. The minimum Gasteiger partial charge on any atom is -0.397 e. The van der Waals surface area contributed by atoms with Crippen LogP contribution in [0.15, 0.2) is 24.4 Å². The van der Waals surface area contributed by atoms with Gasteiger partial charge in [0.1, 0.15) is 5.67 Å².